The van der Waals surface area contributed by atoms with E-state index < -0.39 is 18.9 Å². The average Bonchev–Trinajstić information content (AvgIpc) is 2.79. The molecule has 1 atom stereocenters. The van der Waals surface area contributed by atoms with Gasteiger partial charge in [-0.2, -0.15) is 0 Å². The van der Waals surface area contributed by atoms with Gasteiger partial charge in [-0.05, 0) is 24.6 Å². The molecule has 0 saturated heterocycles. The second kappa shape index (κ2) is 6.52. The van der Waals surface area contributed by atoms with Gasteiger partial charge < -0.3 is 9.64 Å². The summed E-state index contributed by atoms with van der Waals surface area (Å²) in [6.07, 6.45) is -1.87. The van der Waals surface area contributed by atoms with Crippen LogP contribution in [0.3, 0.4) is 0 Å². The molecule has 1 heterocycles. The van der Waals surface area contributed by atoms with E-state index in [1.807, 2.05) is 19.1 Å². The highest BCUT2D eigenvalue weighted by Gasteiger charge is 2.34. The number of benzene rings is 1. The minimum absolute atomic E-state index is 0.216. The van der Waals surface area contributed by atoms with Gasteiger partial charge in [-0.15, -0.1) is 0 Å². The van der Waals surface area contributed by atoms with Crippen LogP contribution in [0.2, 0.25) is 0 Å². The standard InChI is InChI=1S/C14H16BrF2NO2/c1-2-5-18(7-13(16)17)14(19)11-8-20-12-4-3-9(15)6-10(11)12/h3-4,6,11,13H,2,5,7-8H2,1H3. The Morgan fingerprint density at radius 3 is 2.95 bits per heavy atom. The Morgan fingerprint density at radius 1 is 1.55 bits per heavy atom. The number of halogens is 3. The molecule has 0 bridgehead atoms. The van der Waals surface area contributed by atoms with Crippen molar-refractivity contribution in [3.8, 4) is 5.75 Å². The highest BCUT2D eigenvalue weighted by molar-refractivity contribution is 9.10. The second-order valence-electron chi connectivity index (χ2n) is 4.72. The molecule has 1 aliphatic rings. The lowest BCUT2D eigenvalue weighted by Gasteiger charge is -2.24. The van der Waals surface area contributed by atoms with Gasteiger partial charge in [-0.25, -0.2) is 8.78 Å². The van der Waals surface area contributed by atoms with Crippen molar-refractivity contribution in [1.82, 2.24) is 4.90 Å². The Hall–Kier alpha value is -1.17. The lowest BCUT2D eigenvalue weighted by atomic mass is 9.99. The van der Waals surface area contributed by atoms with Crippen molar-refractivity contribution >= 4 is 21.8 Å². The van der Waals surface area contributed by atoms with E-state index in [0.717, 1.165) is 10.0 Å². The van der Waals surface area contributed by atoms with Crippen LogP contribution in [-0.2, 0) is 4.79 Å². The van der Waals surface area contributed by atoms with Crippen LogP contribution in [0.1, 0.15) is 24.8 Å². The van der Waals surface area contributed by atoms with E-state index in [4.69, 9.17) is 4.74 Å². The van der Waals surface area contributed by atoms with Gasteiger partial charge >= 0.3 is 0 Å². The number of alkyl halides is 2. The van der Waals surface area contributed by atoms with Crippen molar-refractivity contribution in [3.63, 3.8) is 0 Å². The molecule has 0 radical (unpaired) electrons. The topological polar surface area (TPSA) is 29.5 Å². The van der Waals surface area contributed by atoms with Gasteiger partial charge in [0.2, 0.25) is 5.91 Å². The van der Waals surface area contributed by atoms with Crippen LogP contribution in [0.25, 0.3) is 0 Å². The summed E-state index contributed by atoms with van der Waals surface area (Å²) in [6.45, 7) is 1.89. The van der Waals surface area contributed by atoms with E-state index in [1.54, 1.807) is 6.07 Å². The zero-order valence-corrected chi connectivity index (χ0v) is 12.7. The van der Waals surface area contributed by atoms with E-state index in [2.05, 4.69) is 15.9 Å². The number of carbonyl (C=O) groups excluding carboxylic acids is 1. The lowest BCUT2D eigenvalue weighted by molar-refractivity contribution is -0.135. The van der Waals surface area contributed by atoms with Crippen LogP contribution < -0.4 is 4.74 Å². The van der Waals surface area contributed by atoms with Gasteiger partial charge in [-0.1, -0.05) is 22.9 Å². The zero-order valence-electron chi connectivity index (χ0n) is 11.1. The number of rotatable bonds is 5. The molecule has 0 saturated carbocycles. The quantitative estimate of drug-likeness (QED) is 0.816. The van der Waals surface area contributed by atoms with E-state index in [9.17, 15) is 13.6 Å². The van der Waals surface area contributed by atoms with Crippen molar-refractivity contribution in [3.05, 3.63) is 28.2 Å². The van der Waals surface area contributed by atoms with Crippen LogP contribution >= 0.6 is 15.9 Å². The van der Waals surface area contributed by atoms with Crippen LogP contribution in [0.5, 0.6) is 5.75 Å². The SMILES string of the molecule is CCCN(CC(F)F)C(=O)C1COc2ccc(Br)cc21. The largest absolute Gasteiger partial charge is 0.492 e. The van der Waals surface area contributed by atoms with Crippen molar-refractivity contribution in [1.29, 1.82) is 0 Å². The molecule has 1 amide bonds. The fraction of sp³-hybridized carbons (Fsp3) is 0.500. The van der Waals surface area contributed by atoms with Crippen LogP contribution in [0, 0.1) is 0 Å². The summed E-state index contributed by atoms with van der Waals surface area (Å²) < 4.78 is 31.5. The number of amides is 1. The molecule has 110 valence electrons. The van der Waals surface area contributed by atoms with E-state index >= 15 is 0 Å². The van der Waals surface area contributed by atoms with Gasteiger partial charge in [0.15, 0.2) is 0 Å². The Bertz CT molecular complexity index is 496. The minimum Gasteiger partial charge on any atom is -0.492 e. The highest BCUT2D eigenvalue weighted by atomic mass is 79.9. The molecule has 0 aliphatic carbocycles. The number of fused-ring (bicyclic) bond motifs is 1. The molecule has 2 rings (SSSR count). The fourth-order valence-electron chi connectivity index (χ4n) is 2.34. The Kier molecular flexibility index (Phi) is 4.96. The van der Waals surface area contributed by atoms with E-state index in [0.29, 0.717) is 18.7 Å². The predicted octanol–water partition coefficient (Wildman–Crippen LogP) is 3.43. The Morgan fingerprint density at radius 2 is 2.30 bits per heavy atom. The molecule has 20 heavy (non-hydrogen) atoms. The highest BCUT2D eigenvalue weighted by Crippen LogP contribution is 2.36. The lowest BCUT2D eigenvalue weighted by Crippen LogP contribution is -2.39. The first kappa shape index (κ1) is 15.2. The Labute approximate surface area is 125 Å². The summed E-state index contributed by atoms with van der Waals surface area (Å²) in [5, 5.41) is 0. The predicted molar refractivity (Wildman–Crippen MR) is 75.3 cm³/mol. The van der Waals surface area contributed by atoms with Crippen molar-refractivity contribution < 1.29 is 18.3 Å². The maximum atomic E-state index is 12.6. The molecule has 1 unspecified atom stereocenters. The maximum Gasteiger partial charge on any atom is 0.255 e. The summed E-state index contributed by atoms with van der Waals surface area (Å²) in [4.78, 5) is 13.7. The van der Waals surface area contributed by atoms with Crippen LogP contribution in [-0.4, -0.2) is 36.9 Å². The number of hydrogen-bond acceptors (Lipinski definition) is 2. The first-order valence-corrected chi connectivity index (χ1v) is 7.31. The molecule has 0 aromatic heterocycles. The van der Waals surface area contributed by atoms with Gasteiger partial charge in [-0.3, -0.25) is 4.79 Å². The number of nitrogens with zero attached hydrogens (tertiary/aromatic N) is 1. The zero-order chi connectivity index (χ0) is 14.7. The molecular weight excluding hydrogens is 332 g/mol. The third kappa shape index (κ3) is 3.29. The Balaban J connectivity index is 2.19. The van der Waals surface area contributed by atoms with Gasteiger partial charge in [0.05, 0.1) is 6.54 Å². The molecule has 0 spiro atoms. The van der Waals surface area contributed by atoms with Crippen molar-refractivity contribution in [2.75, 3.05) is 19.7 Å². The van der Waals surface area contributed by atoms with Crippen LogP contribution in [0.4, 0.5) is 8.78 Å². The first-order valence-electron chi connectivity index (χ1n) is 6.52. The fourth-order valence-corrected chi connectivity index (χ4v) is 2.72. The number of hydrogen-bond donors (Lipinski definition) is 0. The summed E-state index contributed by atoms with van der Waals surface area (Å²) in [5.74, 6) is -0.128. The van der Waals surface area contributed by atoms with E-state index in [-0.39, 0.29) is 12.5 Å². The monoisotopic (exact) mass is 347 g/mol. The van der Waals surface area contributed by atoms with Gasteiger partial charge in [0, 0.05) is 16.6 Å². The first-order chi connectivity index (χ1) is 9.52. The van der Waals surface area contributed by atoms with Gasteiger partial charge in [0.1, 0.15) is 18.3 Å². The molecule has 6 heteroatoms. The van der Waals surface area contributed by atoms with Crippen molar-refractivity contribution in [2.45, 2.75) is 25.7 Å². The minimum atomic E-state index is -2.52. The molecule has 3 nitrogen and oxygen atoms in total. The summed E-state index contributed by atoms with van der Waals surface area (Å²) >= 11 is 3.35. The summed E-state index contributed by atoms with van der Waals surface area (Å²) in [7, 11) is 0. The summed E-state index contributed by atoms with van der Waals surface area (Å²) in [6, 6.07) is 5.43. The third-order valence-corrected chi connectivity index (χ3v) is 3.71. The number of carbonyl (C=O) groups is 1. The number of ether oxygens (including phenoxy) is 1. The van der Waals surface area contributed by atoms with Crippen LogP contribution in [0.15, 0.2) is 22.7 Å². The summed E-state index contributed by atoms with van der Waals surface area (Å²) in [5.41, 5.74) is 0.764. The molecule has 0 fully saturated rings. The normalized spacial score (nSPS) is 16.9. The van der Waals surface area contributed by atoms with Crippen molar-refractivity contribution in [2.24, 2.45) is 0 Å². The maximum absolute atomic E-state index is 12.6. The second-order valence-corrected chi connectivity index (χ2v) is 5.64. The molecule has 1 aliphatic heterocycles. The molecule has 0 N–H and O–H groups in total. The molecule has 1 aromatic rings. The molecular formula is C14H16BrF2NO2. The van der Waals surface area contributed by atoms with E-state index in [1.165, 1.54) is 4.90 Å². The smallest absolute Gasteiger partial charge is 0.255 e. The molecule has 1 aromatic carbocycles. The average molecular weight is 348 g/mol. The third-order valence-electron chi connectivity index (χ3n) is 3.21. The van der Waals surface area contributed by atoms with Gasteiger partial charge in [0.25, 0.3) is 6.43 Å².